The number of carbonyl (C=O) groups excluding carboxylic acids is 2. The molecule has 0 radical (unpaired) electrons. The minimum atomic E-state index is -0.513. The predicted molar refractivity (Wildman–Crippen MR) is 117 cm³/mol. The highest BCUT2D eigenvalue weighted by Crippen LogP contribution is 2.42. The third-order valence-electron chi connectivity index (χ3n) is 4.89. The van der Waals surface area contributed by atoms with Crippen LogP contribution < -0.4 is 10.1 Å². The fourth-order valence-electron chi connectivity index (χ4n) is 3.47. The number of amides is 1. The number of rotatable bonds is 4. The molecule has 0 unspecified atom stereocenters. The summed E-state index contributed by atoms with van der Waals surface area (Å²) in [6, 6.07) is 23.1. The summed E-state index contributed by atoms with van der Waals surface area (Å²) < 4.78 is 11.0. The topological polar surface area (TPSA) is 64.6 Å². The zero-order valence-electron chi connectivity index (χ0n) is 15.9. The fraction of sp³-hybridized carbons (Fsp3) is 0.0833. The summed E-state index contributed by atoms with van der Waals surface area (Å²) in [5, 5.41) is 4.89. The zero-order valence-corrected chi connectivity index (χ0v) is 16.7. The van der Waals surface area contributed by atoms with Crippen molar-refractivity contribution in [3.05, 3.63) is 83.2 Å². The largest absolute Gasteiger partial charge is 0.488 e. The van der Waals surface area contributed by atoms with E-state index >= 15 is 0 Å². The summed E-state index contributed by atoms with van der Waals surface area (Å²) in [6.45, 7) is 0.0693. The Labute approximate surface area is 176 Å². The van der Waals surface area contributed by atoms with Crippen LogP contribution in [-0.2, 0) is 16.1 Å². The molecule has 4 aromatic rings. The van der Waals surface area contributed by atoms with Crippen LogP contribution in [0.25, 0.3) is 21.2 Å². The van der Waals surface area contributed by atoms with Crippen LogP contribution in [-0.4, -0.2) is 18.5 Å². The zero-order chi connectivity index (χ0) is 20.5. The van der Waals surface area contributed by atoms with E-state index in [1.807, 2.05) is 66.7 Å². The van der Waals surface area contributed by atoms with Crippen LogP contribution in [0.1, 0.15) is 15.2 Å². The molecule has 2 heterocycles. The minimum Gasteiger partial charge on any atom is -0.488 e. The third-order valence-corrected chi connectivity index (χ3v) is 6.08. The lowest BCUT2D eigenvalue weighted by molar-refractivity contribution is -0.119. The van der Waals surface area contributed by atoms with E-state index in [0.29, 0.717) is 17.2 Å². The summed E-state index contributed by atoms with van der Waals surface area (Å²) in [4.78, 5) is 26.2. The lowest BCUT2D eigenvalue weighted by Gasteiger charge is -2.16. The predicted octanol–water partition coefficient (Wildman–Crippen LogP) is 5.26. The molecule has 0 saturated carbocycles. The first kappa shape index (κ1) is 18.4. The van der Waals surface area contributed by atoms with E-state index in [1.54, 1.807) is 6.07 Å². The van der Waals surface area contributed by atoms with E-state index in [-0.39, 0.29) is 12.5 Å². The van der Waals surface area contributed by atoms with Gasteiger partial charge in [-0.3, -0.25) is 4.79 Å². The first-order valence-electron chi connectivity index (χ1n) is 9.48. The molecule has 148 valence electrons. The number of fused-ring (bicyclic) bond motifs is 4. The molecule has 1 aliphatic heterocycles. The van der Waals surface area contributed by atoms with Crippen molar-refractivity contribution in [1.29, 1.82) is 0 Å². The van der Waals surface area contributed by atoms with Crippen molar-refractivity contribution >= 4 is 39.7 Å². The van der Waals surface area contributed by atoms with Crippen molar-refractivity contribution in [3.63, 3.8) is 0 Å². The van der Waals surface area contributed by atoms with E-state index in [4.69, 9.17) is 9.47 Å². The summed E-state index contributed by atoms with van der Waals surface area (Å²) in [5.74, 6) is -0.0873. The standard InChI is InChI=1S/C24H17NO4S/c26-22(25-18-10-9-15-5-1-2-6-16(15)11-18)14-29-24(27)21-12-17-13-28-20-8-4-3-7-19(20)23(17)30-21/h1-12H,13-14H2,(H,25,26). The first-order valence-corrected chi connectivity index (χ1v) is 10.3. The van der Waals surface area contributed by atoms with Crippen LogP contribution in [0.5, 0.6) is 5.75 Å². The SMILES string of the molecule is O=C(COC(=O)c1cc2c(s1)-c1ccccc1OC2)Nc1ccc2ccccc2c1. The molecule has 0 atom stereocenters. The van der Waals surface area contributed by atoms with E-state index in [1.165, 1.54) is 11.3 Å². The molecule has 0 spiro atoms. The van der Waals surface area contributed by atoms with Gasteiger partial charge in [0.2, 0.25) is 0 Å². The Bertz CT molecular complexity index is 1280. The van der Waals surface area contributed by atoms with Crippen molar-refractivity contribution in [2.45, 2.75) is 6.61 Å². The Kier molecular flexibility index (Phi) is 4.69. The number of ether oxygens (including phenoxy) is 2. The van der Waals surface area contributed by atoms with Crippen LogP contribution >= 0.6 is 11.3 Å². The van der Waals surface area contributed by atoms with Gasteiger partial charge in [-0.15, -0.1) is 11.3 Å². The summed E-state index contributed by atoms with van der Waals surface area (Å²) in [7, 11) is 0. The lowest BCUT2D eigenvalue weighted by Crippen LogP contribution is -2.20. The fourth-order valence-corrected chi connectivity index (χ4v) is 4.56. The lowest BCUT2D eigenvalue weighted by atomic mass is 10.1. The van der Waals surface area contributed by atoms with Crippen molar-refractivity contribution in [1.82, 2.24) is 0 Å². The molecule has 0 fully saturated rings. The highest BCUT2D eigenvalue weighted by atomic mass is 32.1. The van der Waals surface area contributed by atoms with E-state index in [0.717, 1.165) is 32.5 Å². The molecule has 3 aromatic carbocycles. The second kappa shape index (κ2) is 7.65. The van der Waals surface area contributed by atoms with Crippen LogP contribution in [0.2, 0.25) is 0 Å². The average Bonchev–Trinajstić information content (AvgIpc) is 3.22. The maximum absolute atomic E-state index is 12.5. The van der Waals surface area contributed by atoms with Crippen molar-refractivity contribution in [2.24, 2.45) is 0 Å². The quantitative estimate of drug-likeness (QED) is 0.462. The van der Waals surface area contributed by atoms with E-state index in [2.05, 4.69) is 5.32 Å². The highest BCUT2D eigenvalue weighted by molar-refractivity contribution is 7.17. The van der Waals surface area contributed by atoms with Crippen molar-refractivity contribution < 1.29 is 19.1 Å². The maximum atomic E-state index is 12.5. The molecule has 1 N–H and O–H groups in total. The van der Waals surface area contributed by atoms with Gasteiger partial charge in [-0.2, -0.15) is 0 Å². The summed E-state index contributed by atoms with van der Waals surface area (Å²) >= 11 is 1.36. The second-order valence-electron chi connectivity index (χ2n) is 6.94. The minimum absolute atomic E-state index is 0.346. The van der Waals surface area contributed by atoms with Gasteiger partial charge in [0.1, 0.15) is 17.2 Å². The molecule has 1 amide bonds. The van der Waals surface area contributed by atoms with Gasteiger partial charge in [0.25, 0.3) is 5.91 Å². The Balaban J connectivity index is 1.24. The molecule has 30 heavy (non-hydrogen) atoms. The molecule has 0 aliphatic carbocycles. The highest BCUT2D eigenvalue weighted by Gasteiger charge is 2.23. The Morgan fingerprint density at radius 1 is 0.967 bits per heavy atom. The van der Waals surface area contributed by atoms with Crippen LogP contribution in [0.4, 0.5) is 5.69 Å². The Morgan fingerprint density at radius 3 is 2.67 bits per heavy atom. The molecular formula is C24H17NO4S. The van der Waals surface area contributed by atoms with Gasteiger partial charge in [0.05, 0.1) is 0 Å². The molecule has 0 bridgehead atoms. The monoisotopic (exact) mass is 415 g/mol. The Morgan fingerprint density at radius 2 is 1.77 bits per heavy atom. The maximum Gasteiger partial charge on any atom is 0.348 e. The number of nitrogens with one attached hydrogen (secondary N) is 1. The molecule has 5 rings (SSSR count). The third kappa shape index (κ3) is 3.53. The van der Waals surface area contributed by atoms with Crippen LogP contribution in [0, 0.1) is 0 Å². The molecule has 0 saturated heterocycles. The summed E-state index contributed by atoms with van der Waals surface area (Å²) in [6.07, 6.45) is 0. The number of carbonyl (C=O) groups is 2. The normalized spacial score (nSPS) is 11.9. The van der Waals surface area contributed by atoms with Gasteiger partial charge in [-0.05, 0) is 41.1 Å². The van der Waals surface area contributed by atoms with E-state index < -0.39 is 5.97 Å². The molecule has 6 heteroatoms. The van der Waals surface area contributed by atoms with E-state index in [9.17, 15) is 9.59 Å². The van der Waals surface area contributed by atoms with Gasteiger partial charge in [0, 0.05) is 21.7 Å². The van der Waals surface area contributed by atoms with Crippen LogP contribution in [0.3, 0.4) is 0 Å². The number of para-hydroxylation sites is 1. The second-order valence-corrected chi connectivity index (χ2v) is 7.99. The Hall–Kier alpha value is -3.64. The molecule has 5 nitrogen and oxygen atoms in total. The number of esters is 1. The van der Waals surface area contributed by atoms with Crippen molar-refractivity contribution in [2.75, 3.05) is 11.9 Å². The molecule has 1 aliphatic rings. The summed E-state index contributed by atoms with van der Waals surface area (Å²) in [5.41, 5.74) is 2.58. The van der Waals surface area contributed by atoms with Gasteiger partial charge >= 0.3 is 5.97 Å². The first-order chi connectivity index (χ1) is 14.7. The van der Waals surface area contributed by atoms with Crippen molar-refractivity contribution in [3.8, 4) is 16.2 Å². The number of thiophene rings is 1. The number of hydrogen-bond donors (Lipinski definition) is 1. The number of hydrogen-bond acceptors (Lipinski definition) is 5. The van der Waals surface area contributed by atoms with Gasteiger partial charge in [-0.25, -0.2) is 4.79 Å². The smallest absolute Gasteiger partial charge is 0.348 e. The molecule has 1 aromatic heterocycles. The average molecular weight is 415 g/mol. The van der Waals surface area contributed by atoms with Gasteiger partial charge in [0.15, 0.2) is 6.61 Å². The number of benzene rings is 3. The van der Waals surface area contributed by atoms with Gasteiger partial charge < -0.3 is 14.8 Å². The van der Waals surface area contributed by atoms with Gasteiger partial charge in [-0.1, -0.05) is 42.5 Å². The van der Waals surface area contributed by atoms with Crippen LogP contribution in [0.15, 0.2) is 72.8 Å². The molecular weight excluding hydrogens is 398 g/mol. The number of anilines is 1.